The Balaban J connectivity index is 1.62. The summed E-state index contributed by atoms with van der Waals surface area (Å²) in [6, 6.07) is 22.2. The molecule has 2 aliphatic rings. The number of fused-ring (bicyclic) bond motifs is 3. The van der Waals surface area contributed by atoms with E-state index in [9.17, 15) is 4.39 Å². The second kappa shape index (κ2) is 6.39. The van der Waals surface area contributed by atoms with Crippen LogP contribution in [0.5, 0.6) is 5.75 Å². The molecule has 0 saturated heterocycles. The highest BCUT2D eigenvalue weighted by molar-refractivity contribution is 6.30. The summed E-state index contributed by atoms with van der Waals surface area (Å²) in [5.74, 6) is 0.473. The molecule has 0 saturated carbocycles. The summed E-state index contributed by atoms with van der Waals surface area (Å²) in [5.41, 5.74) is 3.80. The Morgan fingerprint density at radius 2 is 1.85 bits per heavy atom. The summed E-state index contributed by atoms with van der Waals surface area (Å²) in [7, 11) is 0. The first-order valence-corrected chi connectivity index (χ1v) is 9.19. The molecule has 2 aliphatic heterocycles. The number of halogens is 2. The lowest BCUT2D eigenvalue weighted by atomic mass is 9.96. The summed E-state index contributed by atoms with van der Waals surface area (Å²) in [6.07, 6.45) is 0.257. The normalized spacial score (nSPS) is 20.5. The molecule has 0 aliphatic carbocycles. The zero-order valence-corrected chi connectivity index (χ0v) is 15.1. The van der Waals surface area contributed by atoms with E-state index in [2.05, 4.69) is 0 Å². The van der Waals surface area contributed by atoms with E-state index in [0.717, 1.165) is 34.6 Å². The van der Waals surface area contributed by atoms with Gasteiger partial charge in [-0.05, 0) is 35.9 Å². The molecule has 2 heterocycles. The second-order valence-corrected chi connectivity index (χ2v) is 7.16. The van der Waals surface area contributed by atoms with E-state index in [4.69, 9.17) is 21.4 Å². The van der Waals surface area contributed by atoms with E-state index >= 15 is 0 Å². The van der Waals surface area contributed by atoms with Gasteiger partial charge < -0.3 is 4.74 Å². The van der Waals surface area contributed by atoms with Crippen LogP contribution in [0, 0.1) is 5.82 Å². The van der Waals surface area contributed by atoms with Gasteiger partial charge in [-0.2, -0.15) is 5.10 Å². The van der Waals surface area contributed by atoms with Gasteiger partial charge in [-0.3, -0.25) is 0 Å². The van der Waals surface area contributed by atoms with Gasteiger partial charge in [-0.25, -0.2) is 9.40 Å². The van der Waals surface area contributed by atoms with Crippen LogP contribution >= 0.6 is 11.6 Å². The number of hydrogen-bond acceptors (Lipinski definition) is 3. The van der Waals surface area contributed by atoms with E-state index in [1.165, 1.54) is 12.1 Å². The molecule has 0 radical (unpaired) electrons. The van der Waals surface area contributed by atoms with Crippen LogP contribution in [-0.2, 0) is 0 Å². The number of nitrogens with zero attached hydrogens (tertiary/aromatic N) is 2. The van der Waals surface area contributed by atoms with Crippen LogP contribution in [0.25, 0.3) is 0 Å². The predicted octanol–water partition coefficient (Wildman–Crippen LogP) is 5.72. The fourth-order valence-corrected chi connectivity index (χ4v) is 3.92. The van der Waals surface area contributed by atoms with Gasteiger partial charge >= 0.3 is 0 Å². The monoisotopic (exact) mass is 378 g/mol. The van der Waals surface area contributed by atoms with E-state index in [0.29, 0.717) is 5.02 Å². The summed E-state index contributed by atoms with van der Waals surface area (Å²) < 4.78 is 20.0. The SMILES string of the molecule is Fc1cccc([C@H]2Oc3ccc(Cl)cc3[C@@H]3CC(c4ccccc4)=NN23)c1. The molecule has 0 amide bonds. The lowest BCUT2D eigenvalue weighted by Crippen LogP contribution is -2.33. The van der Waals surface area contributed by atoms with Crippen molar-refractivity contribution in [1.29, 1.82) is 0 Å². The van der Waals surface area contributed by atoms with Gasteiger partial charge in [0.1, 0.15) is 11.6 Å². The molecule has 0 unspecified atom stereocenters. The molecule has 27 heavy (non-hydrogen) atoms. The zero-order chi connectivity index (χ0) is 18.4. The predicted molar refractivity (Wildman–Crippen MR) is 103 cm³/mol. The minimum Gasteiger partial charge on any atom is -0.464 e. The molecule has 2 atom stereocenters. The van der Waals surface area contributed by atoms with Crippen molar-refractivity contribution in [3.05, 3.63) is 100 Å². The lowest BCUT2D eigenvalue weighted by molar-refractivity contribution is -0.0192. The van der Waals surface area contributed by atoms with E-state index in [1.807, 2.05) is 59.6 Å². The standard InChI is InChI=1S/C22H16ClFN2O/c23-16-9-10-21-18(12-16)20-13-19(14-5-2-1-3-6-14)25-26(20)22(27-21)15-7-4-8-17(24)11-15/h1-12,20,22H,13H2/t20-,22+/m0/s1. The van der Waals surface area contributed by atoms with Gasteiger partial charge in [0.25, 0.3) is 0 Å². The molecular weight excluding hydrogens is 363 g/mol. The molecule has 0 fully saturated rings. The number of hydrogen-bond donors (Lipinski definition) is 0. The van der Waals surface area contributed by atoms with Crippen molar-refractivity contribution in [1.82, 2.24) is 5.01 Å². The molecule has 0 spiro atoms. The highest BCUT2D eigenvalue weighted by Gasteiger charge is 2.41. The maximum Gasteiger partial charge on any atom is 0.213 e. The van der Waals surface area contributed by atoms with Crippen LogP contribution in [0.15, 0.2) is 77.9 Å². The van der Waals surface area contributed by atoms with Crippen molar-refractivity contribution in [3.63, 3.8) is 0 Å². The highest BCUT2D eigenvalue weighted by Crippen LogP contribution is 2.48. The first-order valence-electron chi connectivity index (χ1n) is 8.82. The van der Waals surface area contributed by atoms with Gasteiger partial charge in [-0.1, -0.05) is 54.1 Å². The summed E-state index contributed by atoms with van der Waals surface area (Å²) in [4.78, 5) is 0. The molecule has 0 N–H and O–H groups in total. The molecule has 134 valence electrons. The third-order valence-electron chi connectivity index (χ3n) is 4.99. The highest BCUT2D eigenvalue weighted by atomic mass is 35.5. The molecule has 0 aromatic heterocycles. The molecular formula is C22H16ClFN2O. The van der Waals surface area contributed by atoms with Crippen molar-refractivity contribution in [2.24, 2.45) is 5.10 Å². The Hall–Kier alpha value is -2.85. The number of rotatable bonds is 2. The maximum atomic E-state index is 13.8. The van der Waals surface area contributed by atoms with Gasteiger partial charge in [0, 0.05) is 22.6 Å². The summed E-state index contributed by atoms with van der Waals surface area (Å²) >= 11 is 6.23. The zero-order valence-electron chi connectivity index (χ0n) is 14.3. The quantitative estimate of drug-likeness (QED) is 0.569. The van der Waals surface area contributed by atoms with Gasteiger partial charge in [0.2, 0.25) is 6.23 Å². The second-order valence-electron chi connectivity index (χ2n) is 6.72. The largest absolute Gasteiger partial charge is 0.464 e. The van der Waals surface area contributed by atoms with Gasteiger partial charge in [0.15, 0.2) is 0 Å². The van der Waals surface area contributed by atoms with Crippen molar-refractivity contribution in [3.8, 4) is 5.75 Å². The molecule has 5 heteroatoms. The van der Waals surface area contributed by atoms with Crippen molar-refractivity contribution in [2.75, 3.05) is 0 Å². The molecule has 3 nitrogen and oxygen atoms in total. The number of benzene rings is 3. The van der Waals surface area contributed by atoms with Crippen LogP contribution in [0.1, 0.15) is 35.4 Å². The fourth-order valence-electron chi connectivity index (χ4n) is 3.74. The fraction of sp³-hybridized carbons (Fsp3) is 0.136. The summed E-state index contributed by atoms with van der Waals surface area (Å²) in [5, 5.41) is 7.44. The summed E-state index contributed by atoms with van der Waals surface area (Å²) in [6.45, 7) is 0. The Morgan fingerprint density at radius 1 is 1.00 bits per heavy atom. The molecule has 5 rings (SSSR count). The van der Waals surface area contributed by atoms with Gasteiger partial charge in [0.05, 0.1) is 11.8 Å². The van der Waals surface area contributed by atoms with Crippen LogP contribution in [0.3, 0.4) is 0 Å². The first-order chi connectivity index (χ1) is 13.2. The first kappa shape index (κ1) is 16.3. The Bertz CT molecular complexity index is 1040. The maximum absolute atomic E-state index is 13.8. The van der Waals surface area contributed by atoms with Crippen molar-refractivity contribution in [2.45, 2.75) is 18.7 Å². The van der Waals surface area contributed by atoms with E-state index in [1.54, 1.807) is 6.07 Å². The van der Waals surface area contributed by atoms with Crippen LogP contribution in [-0.4, -0.2) is 10.7 Å². The van der Waals surface area contributed by atoms with Gasteiger partial charge in [-0.15, -0.1) is 0 Å². The Kier molecular flexibility index (Phi) is 3.87. The van der Waals surface area contributed by atoms with Crippen LogP contribution in [0.4, 0.5) is 4.39 Å². The molecule has 3 aromatic rings. The van der Waals surface area contributed by atoms with Crippen molar-refractivity contribution >= 4 is 17.3 Å². The third kappa shape index (κ3) is 2.86. The van der Waals surface area contributed by atoms with E-state index in [-0.39, 0.29) is 11.9 Å². The lowest BCUT2D eigenvalue weighted by Gasteiger charge is -2.38. The minimum absolute atomic E-state index is 0.00377. The topological polar surface area (TPSA) is 24.8 Å². The van der Waals surface area contributed by atoms with Crippen LogP contribution < -0.4 is 4.74 Å². The molecule has 3 aromatic carbocycles. The minimum atomic E-state index is -0.486. The number of ether oxygens (including phenoxy) is 1. The third-order valence-corrected chi connectivity index (χ3v) is 5.23. The Labute approximate surface area is 161 Å². The smallest absolute Gasteiger partial charge is 0.213 e. The Morgan fingerprint density at radius 3 is 2.67 bits per heavy atom. The molecule has 0 bridgehead atoms. The van der Waals surface area contributed by atoms with Crippen LogP contribution in [0.2, 0.25) is 5.02 Å². The average Bonchev–Trinajstić information content (AvgIpc) is 3.14. The number of hydrazone groups is 1. The van der Waals surface area contributed by atoms with Crippen molar-refractivity contribution < 1.29 is 9.13 Å². The average molecular weight is 379 g/mol. The van der Waals surface area contributed by atoms with E-state index < -0.39 is 6.23 Å².